The molecule has 1 fully saturated rings. The predicted octanol–water partition coefficient (Wildman–Crippen LogP) is 1.42. The Balaban J connectivity index is 1.75. The summed E-state index contributed by atoms with van der Waals surface area (Å²) in [5.41, 5.74) is 1.96. The third-order valence-corrected chi connectivity index (χ3v) is 5.66. The Labute approximate surface area is 188 Å². The van der Waals surface area contributed by atoms with Crippen molar-refractivity contribution >= 4 is 29.2 Å². The molecule has 0 spiro atoms. The molecule has 1 saturated heterocycles. The monoisotopic (exact) mass is 456 g/mol. The molecule has 4 heterocycles. The number of nitrogens with one attached hydrogen (secondary N) is 3. The number of amides is 1. The number of ether oxygens (including phenoxy) is 1. The highest BCUT2D eigenvalue weighted by Gasteiger charge is 2.26. The number of carbonyl (C=O) groups excluding carboxylic acids is 1. The summed E-state index contributed by atoms with van der Waals surface area (Å²) in [6.45, 7) is 4.84. The van der Waals surface area contributed by atoms with E-state index in [1.165, 1.54) is 13.0 Å². The Morgan fingerprint density at radius 3 is 2.66 bits per heavy atom. The lowest BCUT2D eigenvalue weighted by Gasteiger charge is -2.35. The molecule has 0 bridgehead atoms. The molecule has 0 unspecified atom stereocenters. The minimum absolute atomic E-state index is 0.161. The summed E-state index contributed by atoms with van der Waals surface area (Å²) < 4.78 is 5.66. The predicted molar refractivity (Wildman–Crippen MR) is 121 cm³/mol. The van der Waals surface area contributed by atoms with Crippen molar-refractivity contribution in [3.8, 4) is 17.3 Å². The molecule has 3 aromatic rings. The Hall–Kier alpha value is -3.38. The number of likely N-dealkylation sites (N-methyl/N-ethyl adjacent to an activating group) is 1. The van der Waals surface area contributed by atoms with Gasteiger partial charge in [0, 0.05) is 45.4 Å². The van der Waals surface area contributed by atoms with Crippen LogP contribution in [0.3, 0.4) is 0 Å². The van der Waals surface area contributed by atoms with Crippen LogP contribution >= 0.6 is 11.8 Å². The summed E-state index contributed by atoms with van der Waals surface area (Å²) in [5, 5.41) is 3.13. The molecule has 0 saturated carbocycles. The van der Waals surface area contributed by atoms with Gasteiger partial charge in [-0.25, -0.2) is 9.97 Å². The smallest absolute Gasteiger partial charge is 0.253 e. The van der Waals surface area contributed by atoms with Gasteiger partial charge in [0.25, 0.3) is 5.56 Å². The minimum atomic E-state index is -0.392. The third-order valence-electron chi connectivity index (χ3n) is 4.91. The number of rotatable bonds is 6. The molecular weight excluding hydrogens is 432 g/mol. The van der Waals surface area contributed by atoms with Crippen molar-refractivity contribution in [2.45, 2.75) is 17.2 Å². The average molecular weight is 457 g/mol. The second-order valence-electron chi connectivity index (χ2n) is 7.31. The van der Waals surface area contributed by atoms with Crippen molar-refractivity contribution in [1.29, 1.82) is 0 Å². The molecule has 1 aliphatic heterocycles. The van der Waals surface area contributed by atoms with Crippen LogP contribution in [0.5, 0.6) is 5.88 Å². The van der Waals surface area contributed by atoms with Crippen molar-refractivity contribution in [3.63, 3.8) is 0 Å². The van der Waals surface area contributed by atoms with Crippen molar-refractivity contribution in [2.24, 2.45) is 0 Å². The third kappa shape index (κ3) is 4.92. The lowest BCUT2D eigenvalue weighted by molar-refractivity contribution is -0.114. The van der Waals surface area contributed by atoms with E-state index in [-0.39, 0.29) is 16.9 Å². The summed E-state index contributed by atoms with van der Waals surface area (Å²) in [5.74, 6) is 0.286. The summed E-state index contributed by atoms with van der Waals surface area (Å²) in [6, 6.07) is 5.06. The number of anilines is 2. The Bertz CT molecular complexity index is 1160. The first kappa shape index (κ1) is 21.8. The lowest BCUT2D eigenvalue weighted by Crippen LogP contribution is -2.45. The molecule has 0 radical (unpaired) electrons. The molecule has 168 valence electrons. The van der Waals surface area contributed by atoms with E-state index in [1.54, 1.807) is 7.11 Å². The lowest BCUT2D eigenvalue weighted by atomic mass is 10.2. The molecule has 32 heavy (non-hydrogen) atoms. The number of carbonyl (C=O) groups is 1. The van der Waals surface area contributed by atoms with Crippen LogP contribution < -0.4 is 20.5 Å². The van der Waals surface area contributed by atoms with E-state index < -0.39 is 5.56 Å². The zero-order valence-corrected chi connectivity index (χ0v) is 18.8. The normalized spacial score (nSPS) is 14.4. The van der Waals surface area contributed by atoms with Crippen molar-refractivity contribution in [2.75, 3.05) is 50.6 Å². The Morgan fingerprint density at radius 1 is 1.22 bits per heavy atom. The van der Waals surface area contributed by atoms with Gasteiger partial charge in [0.15, 0.2) is 10.3 Å². The number of hydrogen-bond donors (Lipinski definition) is 3. The number of aromatic nitrogens is 5. The second-order valence-corrected chi connectivity index (χ2v) is 8.26. The quantitative estimate of drug-likeness (QED) is 0.471. The largest absolute Gasteiger partial charge is 0.479 e. The van der Waals surface area contributed by atoms with Crippen molar-refractivity contribution < 1.29 is 9.53 Å². The molecule has 4 rings (SSSR count). The maximum Gasteiger partial charge on any atom is 0.253 e. The van der Waals surface area contributed by atoms with Crippen LogP contribution in [-0.4, -0.2) is 76.1 Å². The van der Waals surface area contributed by atoms with E-state index in [2.05, 4.69) is 42.1 Å². The standard InChI is InChI=1S/C20H24N8O3S/c1-12(29)22-14-11-15(30)24-19(23-14)32-20-25-16(13-5-4-6-21-13)17(18(26-20)31-3)28-9-7-27(2)8-10-28/h4-6,11,21H,7-10H2,1-3H3,(H2,22,23,24,29,30). The number of hydrogen-bond acceptors (Lipinski definition) is 9. The number of methoxy groups -OCH3 is 1. The van der Waals surface area contributed by atoms with Crippen LogP contribution in [0.2, 0.25) is 0 Å². The van der Waals surface area contributed by atoms with Gasteiger partial charge in [0.1, 0.15) is 17.2 Å². The van der Waals surface area contributed by atoms with Gasteiger partial charge in [0.05, 0.1) is 12.8 Å². The van der Waals surface area contributed by atoms with Crippen LogP contribution in [0.1, 0.15) is 6.92 Å². The zero-order chi connectivity index (χ0) is 22.7. The van der Waals surface area contributed by atoms with Crippen molar-refractivity contribution in [1.82, 2.24) is 29.8 Å². The van der Waals surface area contributed by atoms with Crippen molar-refractivity contribution in [3.05, 3.63) is 34.7 Å². The molecule has 11 nitrogen and oxygen atoms in total. The number of nitrogens with zero attached hydrogens (tertiary/aromatic N) is 5. The zero-order valence-electron chi connectivity index (χ0n) is 18.0. The van der Waals surface area contributed by atoms with E-state index in [9.17, 15) is 9.59 Å². The summed E-state index contributed by atoms with van der Waals surface area (Å²) in [4.78, 5) is 47.3. The average Bonchev–Trinajstić information content (AvgIpc) is 3.28. The molecule has 1 aliphatic rings. The molecule has 1 amide bonds. The fraction of sp³-hybridized carbons (Fsp3) is 0.350. The van der Waals surface area contributed by atoms with Gasteiger partial charge in [-0.05, 0) is 30.9 Å². The van der Waals surface area contributed by atoms with E-state index in [1.807, 2.05) is 18.3 Å². The highest BCUT2D eigenvalue weighted by atomic mass is 32.2. The molecule has 3 N–H and O–H groups in total. The van der Waals surface area contributed by atoms with E-state index in [0.29, 0.717) is 16.7 Å². The maximum absolute atomic E-state index is 12.0. The second kappa shape index (κ2) is 9.40. The molecular formula is C20H24N8O3S. The summed E-state index contributed by atoms with van der Waals surface area (Å²) in [7, 11) is 3.67. The van der Waals surface area contributed by atoms with Gasteiger partial charge in [-0.2, -0.15) is 4.98 Å². The van der Waals surface area contributed by atoms with Gasteiger partial charge in [-0.15, -0.1) is 0 Å². The molecule has 0 aliphatic carbocycles. The van der Waals surface area contributed by atoms with Crippen LogP contribution in [-0.2, 0) is 4.79 Å². The summed E-state index contributed by atoms with van der Waals surface area (Å²) >= 11 is 1.08. The number of piperazine rings is 1. The maximum atomic E-state index is 12.0. The number of aromatic amines is 2. The fourth-order valence-corrected chi connectivity index (χ4v) is 4.13. The number of H-pyrrole nitrogens is 2. The van der Waals surface area contributed by atoms with Gasteiger partial charge in [-0.3, -0.25) is 9.59 Å². The molecule has 12 heteroatoms. The fourth-order valence-electron chi connectivity index (χ4n) is 3.40. The topological polar surface area (TPSA) is 132 Å². The van der Waals surface area contributed by atoms with E-state index in [0.717, 1.165) is 49.3 Å². The summed E-state index contributed by atoms with van der Waals surface area (Å²) in [6.07, 6.45) is 1.83. The van der Waals surface area contributed by atoms with Crippen LogP contribution in [0.15, 0.2) is 39.5 Å². The van der Waals surface area contributed by atoms with Crippen LogP contribution in [0, 0.1) is 0 Å². The van der Waals surface area contributed by atoms with Gasteiger partial charge < -0.3 is 29.8 Å². The minimum Gasteiger partial charge on any atom is -0.479 e. The first-order valence-electron chi connectivity index (χ1n) is 10.0. The first-order chi connectivity index (χ1) is 15.4. The molecule has 0 aromatic carbocycles. The van der Waals surface area contributed by atoms with Gasteiger partial charge >= 0.3 is 0 Å². The Morgan fingerprint density at radius 2 is 2.00 bits per heavy atom. The van der Waals surface area contributed by atoms with Crippen LogP contribution in [0.25, 0.3) is 11.4 Å². The molecule has 3 aromatic heterocycles. The van der Waals surface area contributed by atoms with Gasteiger partial charge in [-0.1, -0.05) is 0 Å². The first-order valence-corrected chi connectivity index (χ1v) is 10.8. The highest BCUT2D eigenvalue weighted by Crippen LogP contribution is 2.38. The molecule has 0 atom stereocenters. The van der Waals surface area contributed by atoms with E-state index in [4.69, 9.17) is 9.72 Å². The van der Waals surface area contributed by atoms with Crippen LogP contribution in [0.4, 0.5) is 11.5 Å². The van der Waals surface area contributed by atoms with E-state index >= 15 is 0 Å². The van der Waals surface area contributed by atoms with Gasteiger partial charge in [0.2, 0.25) is 11.8 Å². The SMILES string of the molecule is COc1nc(Sc2nc(NC(C)=O)cc(=O)[nH]2)nc(-c2ccc[nH]2)c1N1CCN(C)CC1. The Kier molecular flexibility index (Phi) is 6.42. The highest BCUT2D eigenvalue weighted by molar-refractivity contribution is 7.99.